The van der Waals surface area contributed by atoms with Crippen molar-refractivity contribution in [2.75, 3.05) is 5.32 Å². The molecule has 1 amide bonds. The standard InChI is InChI=1S/C26H26FNO4/c1-18(20-12-14-22(27)15-13-20)26(31)28-24-16-19(17-32-23-7-3-2-4-8-23)10-11-21(24)6-5-9-25(29)30/h2-4,7-8,10-16,18H,5-6,9,17H2,1H3,(H,28,31)(H,29,30). The third-order valence-corrected chi connectivity index (χ3v) is 5.18. The van der Waals surface area contributed by atoms with Gasteiger partial charge in [-0.2, -0.15) is 0 Å². The summed E-state index contributed by atoms with van der Waals surface area (Å²) in [6, 6.07) is 20.9. The van der Waals surface area contributed by atoms with Crippen molar-refractivity contribution in [3.63, 3.8) is 0 Å². The van der Waals surface area contributed by atoms with Crippen LogP contribution in [0, 0.1) is 5.82 Å². The van der Waals surface area contributed by atoms with Crippen molar-refractivity contribution >= 4 is 17.6 Å². The number of ether oxygens (including phenoxy) is 1. The molecule has 0 spiro atoms. The van der Waals surface area contributed by atoms with Gasteiger partial charge in [-0.3, -0.25) is 9.59 Å². The van der Waals surface area contributed by atoms with Crippen molar-refractivity contribution in [3.8, 4) is 5.75 Å². The molecule has 2 N–H and O–H groups in total. The second kappa shape index (κ2) is 11.1. The molecule has 0 bridgehead atoms. The monoisotopic (exact) mass is 435 g/mol. The van der Waals surface area contributed by atoms with E-state index in [1.165, 1.54) is 12.1 Å². The van der Waals surface area contributed by atoms with Crippen LogP contribution >= 0.6 is 0 Å². The number of hydrogen-bond acceptors (Lipinski definition) is 3. The summed E-state index contributed by atoms with van der Waals surface area (Å²) in [4.78, 5) is 23.8. The zero-order valence-electron chi connectivity index (χ0n) is 17.9. The lowest BCUT2D eigenvalue weighted by Crippen LogP contribution is -2.20. The molecule has 3 aromatic rings. The summed E-state index contributed by atoms with van der Waals surface area (Å²) in [7, 11) is 0. The molecule has 1 unspecified atom stereocenters. The van der Waals surface area contributed by atoms with Crippen LogP contribution in [-0.2, 0) is 22.6 Å². The molecule has 0 aliphatic heterocycles. The zero-order chi connectivity index (χ0) is 22.9. The maximum atomic E-state index is 13.2. The van der Waals surface area contributed by atoms with Crippen LogP contribution in [0.3, 0.4) is 0 Å². The fourth-order valence-electron chi connectivity index (χ4n) is 3.31. The highest BCUT2D eigenvalue weighted by molar-refractivity contribution is 5.96. The van der Waals surface area contributed by atoms with Gasteiger partial charge in [0.1, 0.15) is 18.2 Å². The van der Waals surface area contributed by atoms with E-state index in [1.807, 2.05) is 48.5 Å². The van der Waals surface area contributed by atoms with E-state index in [2.05, 4.69) is 5.32 Å². The average Bonchev–Trinajstić information content (AvgIpc) is 2.79. The van der Waals surface area contributed by atoms with Gasteiger partial charge in [-0.25, -0.2) is 4.39 Å². The third-order valence-electron chi connectivity index (χ3n) is 5.18. The second-order valence-electron chi connectivity index (χ2n) is 7.60. The van der Waals surface area contributed by atoms with Crippen LogP contribution in [-0.4, -0.2) is 17.0 Å². The molecule has 0 radical (unpaired) electrons. The Hall–Kier alpha value is -3.67. The number of anilines is 1. The van der Waals surface area contributed by atoms with Crippen LogP contribution in [0.5, 0.6) is 5.75 Å². The minimum absolute atomic E-state index is 0.0538. The van der Waals surface area contributed by atoms with Crippen molar-refractivity contribution in [3.05, 3.63) is 95.3 Å². The third kappa shape index (κ3) is 6.67. The van der Waals surface area contributed by atoms with Crippen LogP contribution < -0.4 is 10.1 Å². The molecular formula is C26H26FNO4. The Balaban J connectivity index is 1.76. The molecule has 6 heteroatoms. The predicted molar refractivity (Wildman–Crippen MR) is 121 cm³/mol. The van der Waals surface area contributed by atoms with Gasteiger partial charge in [0.25, 0.3) is 0 Å². The van der Waals surface area contributed by atoms with E-state index in [4.69, 9.17) is 9.84 Å². The predicted octanol–water partition coefficient (Wildman–Crippen LogP) is 5.55. The van der Waals surface area contributed by atoms with Gasteiger partial charge in [-0.05, 0) is 66.8 Å². The molecule has 0 saturated heterocycles. The molecular weight excluding hydrogens is 409 g/mol. The number of aryl methyl sites for hydroxylation is 1. The maximum absolute atomic E-state index is 13.2. The Kier molecular flexibility index (Phi) is 7.97. The summed E-state index contributed by atoms with van der Waals surface area (Å²) in [6.07, 6.45) is 1.04. The highest BCUT2D eigenvalue weighted by Gasteiger charge is 2.17. The minimum atomic E-state index is -0.853. The van der Waals surface area contributed by atoms with Crippen molar-refractivity contribution in [2.45, 2.75) is 38.7 Å². The SMILES string of the molecule is CC(C(=O)Nc1cc(COc2ccccc2)ccc1CCCC(=O)O)c1ccc(F)cc1. The first kappa shape index (κ1) is 23.0. The zero-order valence-corrected chi connectivity index (χ0v) is 17.9. The van der Waals surface area contributed by atoms with Gasteiger partial charge in [0, 0.05) is 12.1 Å². The molecule has 166 valence electrons. The molecule has 3 rings (SSSR count). The van der Waals surface area contributed by atoms with E-state index >= 15 is 0 Å². The molecule has 0 aliphatic carbocycles. The number of aliphatic carboxylic acids is 1. The van der Waals surface area contributed by atoms with Gasteiger partial charge >= 0.3 is 5.97 Å². The molecule has 0 fully saturated rings. The number of halogens is 1. The fraction of sp³-hybridized carbons (Fsp3) is 0.231. The lowest BCUT2D eigenvalue weighted by atomic mass is 9.99. The van der Waals surface area contributed by atoms with Gasteiger partial charge in [0.05, 0.1) is 5.92 Å². The molecule has 0 aromatic heterocycles. The van der Waals surface area contributed by atoms with Crippen molar-refractivity contribution in [2.24, 2.45) is 0 Å². The number of carboxylic acid groups (broad SMARTS) is 1. The topological polar surface area (TPSA) is 75.6 Å². The van der Waals surface area contributed by atoms with Gasteiger partial charge in [0.15, 0.2) is 0 Å². The quantitative estimate of drug-likeness (QED) is 0.438. The summed E-state index contributed by atoms with van der Waals surface area (Å²) in [6.45, 7) is 2.09. The largest absolute Gasteiger partial charge is 0.489 e. The summed E-state index contributed by atoms with van der Waals surface area (Å²) in [5.74, 6) is -1.17. The van der Waals surface area contributed by atoms with E-state index in [0.717, 1.165) is 16.9 Å². The van der Waals surface area contributed by atoms with E-state index in [-0.39, 0.29) is 18.1 Å². The van der Waals surface area contributed by atoms with Gasteiger partial charge in [0.2, 0.25) is 5.91 Å². The van der Waals surface area contributed by atoms with Crippen molar-refractivity contribution in [1.29, 1.82) is 0 Å². The lowest BCUT2D eigenvalue weighted by molar-refractivity contribution is -0.137. The molecule has 5 nitrogen and oxygen atoms in total. The molecule has 0 aliphatic rings. The minimum Gasteiger partial charge on any atom is -0.489 e. The smallest absolute Gasteiger partial charge is 0.303 e. The molecule has 0 saturated carbocycles. The Morgan fingerprint density at radius 1 is 1.03 bits per heavy atom. The van der Waals surface area contributed by atoms with E-state index < -0.39 is 11.9 Å². The molecule has 1 atom stereocenters. The number of rotatable bonds is 10. The van der Waals surface area contributed by atoms with E-state index in [9.17, 15) is 14.0 Å². The number of hydrogen-bond donors (Lipinski definition) is 2. The number of carbonyl (C=O) groups excluding carboxylic acids is 1. The highest BCUT2D eigenvalue weighted by Crippen LogP contribution is 2.24. The molecule has 32 heavy (non-hydrogen) atoms. The number of benzene rings is 3. The Morgan fingerprint density at radius 3 is 2.44 bits per heavy atom. The van der Waals surface area contributed by atoms with Crippen LogP contribution in [0.15, 0.2) is 72.8 Å². The van der Waals surface area contributed by atoms with Crippen molar-refractivity contribution < 1.29 is 23.8 Å². The first-order valence-electron chi connectivity index (χ1n) is 10.5. The van der Waals surface area contributed by atoms with Gasteiger partial charge in [-0.1, -0.05) is 42.5 Å². The number of carboxylic acids is 1. The summed E-state index contributed by atoms with van der Waals surface area (Å²) >= 11 is 0. The second-order valence-corrected chi connectivity index (χ2v) is 7.60. The van der Waals surface area contributed by atoms with Crippen LogP contribution in [0.2, 0.25) is 0 Å². The summed E-state index contributed by atoms with van der Waals surface area (Å²) in [5, 5.41) is 11.9. The fourth-order valence-corrected chi connectivity index (χ4v) is 3.31. The van der Waals surface area contributed by atoms with E-state index in [0.29, 0.717) is 30.7 Å². The van der Waals surface area contributed by atoms with Crippen LogP contribution in [0.25, 0.3) is 0 Å². The summed E-state index contributed by atoms with van der Waals surface area (Å²) in [5.41, 5.74) is 3.07. The molecule has 3 aromatic carbocycles. The highest BCUT2D eigenvalue weighted by atomic mass is 19.1. The maximum Gasteiger partial charge on any atom is 0.303 e. The van der Waals surface area contributed by atoms with E-state index in [1.54, 1.807) is 19.1 Å². The normalized spacial score (nSPS) is 11.6. The number of nitrogens with one attached hydrogen (secondary N) is 1. The average molecular weight is 435 g/mol. The van der Waals surface area contributed by atoms with Crippen LogP contribution in [0.1, 0.15) is 42.4 Å². The molecule has 0 heterocycles. The van der Waals surface area contributed by atoms with Gasteiger partial charge < -0.3 is 15.2 Å². The van der Waals surface area contributed by atoms with Crippen molar-refractivity contribution in [1.82, 2.24) is 0 Å². The Bertz CT molecular complexity index is 1050. The number of carbonyl (C=O) groups is 2. The Labute approximate surface area is 186 Å². The summed E-state index contributed by atoms with van der Waals surface area (Å²) < 4.78 is 19.0. The Morgan fingerprint density at radius 2 is 1.75 bits per heavy atom. The number of amides is 1. The van der Waals surface area contributed by atoms with Gasteiger partial charge in [-0.15, -0.1) is 0 Å². The number of para-hydroxylation sites is 1. The first-order valence-corrected chi connectivity index (χ1v) is 10.5. The lowest BCUT2D eigenvalue weighted by Gasteiger charge is -2.17. The first-order chi connectivity index (χ1) is 15.4. The van der Waals surface area contributed by atoms with Crippen LogP contribution in [0.4, 0.5) is 10.1 Å².